The van der Waals surface area contributed by atoms with E-state index in [4.69, 9.17) is 10.2 Å². The SMILES string of the molecule is O=C(O)CCC(NC(=O)c1ccc2c(c1)CNC2)C(=O)O. The van der Waals surface area contributed by atoms with E-state index in [1.807, 2.05) is 6.07 Å². The van der Waals surface area contributed by atoms with Crippen molar-refractivity contribution in [1.82, 2.24) is 10.6 Å². The maximum atomic E-state index is 12.1. The Morgan fingerprint density at radius 3 is 2.57 bits per heavy atom. The van der Waals surface area contributed by atoms with Gasteiger partial charge in [0.2, 0.25) is 0 Å². The molecule has 7 nitrogen and oxygen atoms in total. The summed E-state index contributed by atoms with van der Waals surface area (Å²) in [4.78, 5) is 33.6. The number of hydrogen-bond acceptors (Lipinski definition) is 4. The molecule has 1 aliphatic rings. The van der Waals surface area contributed by atoms with Crippen LogP contribution in [0.5, 0.6) is 0 Å². The Morgan fingerprint density at radius 1 is 1.19 bits per heavy atom. The maximum Gasteiger partial charge on any atom is 0.326 e. The predicted molar refractivity (Wildman–Crippen MR) is 72.7 cm³/mol. The highest BCUT2D eigenvalue weighted by Gasteiger charge is 2.22. The van der Waals surface area contributed by atoms with Gasteiger partial charge in [-0.1, -0.05) is 6.07 Å². The molecule has 112 valence electrons. The highest BCUT2D eigenvalue weighted by atomic mass is 16.4. The molecule has 21 heavy (non-hydrogen) atoms. The molecule has 1 amide bonds. The highest BCUT2D eigenvalue weighted by molar-refractivity contribution is 5.96. The van der Waals surface area contributed by atoms with Crippen molar-refractivity contribution in [2.45, 2.75) is 32.0 Å². The van der Waals surface area contributed by atoms with Crippen LogP contribution >= 0.6 is 0 Å². The van der Waals surface area contributed by atoms with Crippen molar-refractivity contribution in [2.75, 3.05) is 0 Å². The van der Waals surface area contributed by atoms with Gasteiger partial charge in [-0.25, -0.2) is 4.79 Å². The Morgan fingerprint density at radius 2 is 1.90 bits per heavy atom. The van der Waals surface area contributed by atoms with Crippen LogP contribution in [0.1, 0.15) is 34.3 Å². The first kappa shape index (κ1) is 15.0. The third-order valence-electron chi connectivity index (χ3n) is 3.35. The van der Waals surface area contributed by atoms with Crippen molar-refractivity contribution in [3.05, 3.63) is 34.9 Å². The summed E-state index contributed by atoms with van der Waals surface area (Å²) < 4.78 is 0. The second kappa shape index (κ2) is 6.36. The molecule has 1 aromatic rings. The van der Waals surface area contributed by atoms with Crippen molar-refractivity contribution in [3.63, 3.8) is 0 Å². The Kier molecular flexibility index (Phi) is 4.54. The van der Waals surface area contributed by atoms with E-state index in [0.29, 0.717) is 12.1 Å². The van der Waals surface area contributed by atoms with Crippen LogP contribution in [-0.4, -0.2) is 34.1 Å². The van der Waals surface area contributed by atoms with Crippen molar-refractivity contribution >= 4 is 17.8 Å². The number of carboxylic acids is 2. The first-order valence-corrected chi connectivity index (χ1v) is 6.55. The molecule has 0 spiro atoms. The first-order chi connectivity index (χ1) is 9.97. The Labute approximate surface area is 121 Å². The maximum absolute atomic E-state index is 12.1. The lowest BCUT2D eigenvalue weighted by atomic mass is 10.1. The zero-order valence-corrected chi connectivity index (χ0v) is 11.3. The Hall–Kier alpha value is -2.41. The quantitative estimate of drug-likeness (QED) is 0.601. The highest BCUT2D eigenvalue weighted by Crippen LogP contribution is 2.17. The lowest BCUT2D eigenvalue weighted by Gasteiger charge is -2.14. The van der Waals surface area contributed by atoms with Crippen molar-refractivity contribution in [1.29, 1.82) is 0 Å². The molecule has 1 aliphatic heterocycles. The van der Waals surface area contributed by atoms with Crippen LogP contribution in [0.4, 0.5) is 0 Å². The number of carbonyl (C=O) groups excluding carboxylic acids is 1. The van der Waals surface area contributed by atoms with E-state index in [-0.39, 0.29) is 12.8 Å². The summed E-state index contributed by atoms with van der Waals surface area (Å²) in [7, 11) is 0. The lowest BCUT2D eigenvalue weighted by Crippen LogP contribution is -2.41. The number of fused-ring (bicyclic) bond motifs is 1. The molecule has 0 radical (unpaired) electrons. The molecule has 1 atom stereocenters. The van der Waals surface area contributed by atoms with Crippen molar-refractivity contribution in [2.24, 2.45) is 0 Å². The molecule has 4 N–H and O–H groups in total. The third kappa shape index (κ3) is 3.79. The second-order valence-electron chi connectivity index (χ2n) is 4.88. The average molecular weight is 292 g/mol. The smallest absolute Gasteiger partial charge is 0.326 e. The van der Waals surface area contributed by atoms with Crippen LogP contribution in [0.15, 0.2) is 18.2 Å². The van der Waals surface area contributed by atoms with Gasteiger partial charge in [-0.3, -0.25) is 9.59 Å². The summed E-state index contributed by atoms with van der Waals surface area (Å²) in [6, 6.07) is 3.98. The fraction of sp³-hybridized carbons (Fsp3) is 0.357. The van der Waals surface area contributed by atoms with Gasteiger partial charge in [0.25, 0.3) is 5.91 Å². The Balaban J connectivity index is 2.04. The minimum absolute atomic E-state index is 0.150. The number of carbonyl (C=O) groups is 3. The minimum Gasteiger partial charge on any atom is -0.481 e. The zero-order valence-electron chi connectivity index (χ0n) is 11.3. The normalized spacial score (nSPS) is 14.3. The molecular formula is C14H16N2O5. The molecular weight excluding hydrogens is 276 g/mol. The fourth-order valence-corrected chi connectivity index (χ4v) is 2.20. The lowest BCUT2D eigenvalue weighted by molar-refractivity contribution is -0.140. The molecule has 0 aromatic heterocycles. The summed E-state index contributed by atoms with van der Waals surface area (Å²) in [6.07, 6.45) is -0.464. The van der Waals surface area contributed by atoms with Gasteiger partial charge < -0.3 is 20.8 Å². The van der Waals surface area contributed by atoms with E-state index in [0.717, 1.165) is 17.7 Å². The van der Waals surface area contributed by atoms with Crippen LogP contribution in [0, 0.1) is 0 Å². The number of rotatable bonds is 6. The molecule has 7 heteroatoms. The van der Waals surface area contributed by atoms with Crippen molar-refractivity contribution in [3.8, 4) is 0 Å². The molecule has 0 saturated carbocycles. The molecule has 0 fully saturated rings. The second-order valence-corrected chi connectivity index (χ2v) is 4.88. The van der Waals surface area contributed by atoms with E-state index in [1.54, 1.807) is 12.1 Å². The standard InChI is InChI=1S/C14H16N2O5/c17-12(18)4-3-11(14(20)21)16-13(19)8-1-2-9-6-15-7-10(9)5-8/h1-2,5,11,15H,3-4,6-7H2,(H,16,19)(H,17,18)(H,20,21). The summed E-state index contributed by atoms with van der Waals surface area (Å²) in [5.41, 5.74) is 2.51. The van der Waals surface area contributed by atoms with Crippen LogP contribution in [0.3, 0.4) is 0 Å². The summed E-state index contributed by atoms with van der Waals surface area (Å²) >= 11 is 0. The topological polar surface area (TPSA) is 116 Å². The largest absolute Gasteiger partial charge is 0.481 e. The molecule has 1 heterocycles. The van der Waals surface area contributed by atoms with Gasteiger partial charge in [0, 0.05) is 25.1 Å². The summed E-state index contributed by atoms with van der Waals surface area (Å²) in [5, 5.41) is 23.1. The molecule has 0 bridgehead atoms. The van der Waals surface area contributed by atoms with Gasteiger partial charge in [0.05, 0.1) is 0 Å². The number of carboxylic acid groups (broad SMARTS) is 2. The van der Waals surface area contributed by atoms with Crippen molar-refractivity contribution < 1.29 is 24.6 Å². The number of hydrogen-bond donors (Lipinski definition) is 4. The van der Waals surface area contributed by atoms with E-state index in [1.165, 1.54) is 0 Å². The first-order valence-electron chi connectivity index (χ1n) is 6.55. The zero-order chi connectivity index (χ0) is 15.4. The number of nitrogens with one attached hydrogen (secondary N) is 2. The molecule has 2 rings (SSSR count). The molecule has 0 saturated heterocycles. The number of amides is 1. The number of aliphatic carboxylic acids is 2. The van der Waals surface area contributed by atoms with E-state index < -0.39 is 23.9 Å². The van der Waals surface area contributed by atoms with Gasteiger partial charge in [-0.2, -0.15) is 0 Å². The Bertz CT molecular complexity index is 585. The van der Waals surface area contributed by atoms with Crippen LogP contribution in [0.25, 0.3) is 0 Å². The van der Waals surface area contributed by atoms with Gasteiger partial charge in [0.15, 0.2) is 0 Å². The predicted octanol–water partition coefficient (Wildman–Crippen LogP) is 0.338. The molecule has 1 unspecified atom stereocenters. The fourth-order valence-electron chi connectivity index (χ4n) is 2.20. The van der Waals surface area contributed by atoms with E-state index in [9.17, 15) is 14.4 Å². The van der Waals surface area contributed by atoms with Gasteiger partial charge in [-0.05, 0) is 29.7 Å². The molecule has 1 aromatic carbocycles. The number of benzene rings is 1. The van der Waals surface area contributed by atoms with E-state index >= 15 is 0 Å². The average Bonchev–Trinajstić information content (AvgIpc) is 2.89. The molecule has 0 aliphatic carbocycles. The third-order valence-corrected chi connectivity index (χ3v) is 3.35. The summed E-state index contributed by atoms with van der Waals surface area (Å²) in [6.45, 7) is 1.44. The summed E-state index contributed by atoms with van der Waals surface area (Å²) in [5.74, 6) is -2.85. The van der Waals surface area contributed by atoms with Crippen LogP contribution < -0.4 is 10.6 Å². The van der Waals surface area contributed by atoms with Crippen LogP contribution in [-0.2, 0) is 22.7 Å². The van der Waals surface area contributed by atoms with E-state index in [2.05, 4.69) is 10.6 Å². The minimum atomic E-state index is -1.24. The van der Waals surface area contributed by atoms with Gasteiger partial charge >= 0.3 is 11.9 Å². The van der Waals surface area contributed by atoms with Gasteiger partial charge in [0.1, 0.15) is 6.04 Å². The van der Waals surface area contributed by atoms with Crippen LogP contribution in [0.2, 0.25) is 0 Å². The monoisotopic (exact) mass is 292 g/mol. The van der Waals surface area contributed by atoms with Gasteiger partial charge in [-0.15, -0.1) is 0 Å².